The molecule has 0 saturated heterocycles. The minimum absolute atomic E-state index is 0.137. The molecule has 0 saturated carbocycles. The van der Waals surface area contributed by atoms with Crippen LogP contribution in [0.5, 0.6) is 0 Å². The second-order valence-electron chi connectivity index (χ2n) is 12.7. The lowest BCUT2D eigenvalue weighted by Gasteiger charge is -2.25. The Kier molecular flexibility index (Phi) is 8.76. The maximum Gasteiger partial charge on any atom is 0.408 e. The van der Waals surface area contributed by atoms with Crippen LogP contribution in [0.1, 0.15) is 79.0 Å². The standard InChI is InChI=1S/C34H45N5O2/c1-21(2)23(5)31-35-28(19-38(31)9)26-15-11-24(12-16-26)25-13-17-27(18-14-25)29-20-39(10)32(36-29)30(22(3)4)37-33(40)41-34(6,7)8/h11-23,30H,1-10H3,(H,37,40)/t23-,30-/m0/s1. The summed E-state index contributed by atoms with van der Waals surface area (Å²) in [7, 11) is 4.04. The number of rotatable bonds is 8. The van der Waals surface area contributed by atoms with Crippen LogP contribution in [-0.4, -0.2) is 30.8 Å². The number of nitrogens with zero attached hydrogens (tertiary/aromatic N) is 4. The topological polar surface area (TPSA) is 74.0 Å². The lowest BCUT2D eigenvalue weighted by molar-refractivity contribution is 0.0485. The predicted octanol–water partition coefficient (Wildman–Crippen LogP) is 8.14. The van der Waals surface area contributed by atoms with Gasteiger partial charge in [-0.15, -0.1) is 0 Å². The van der Waals surface area contributed by atoms with Gasteiger partial charge in [0.25, 0.3) is 0 Å². The third-order valence-electron chi connectivity index (χ3n) is 7.54. The van der Waals surface area contributed by atoms with Crippen LogP contribution in [0, 0.1) is 11.8 Å². The van der Waals surface area contributed by atoms with E-state index in [1.807, 2.05) is 38.6 Å². The SMILES string of the molecule is CC(C)[C@H](C)c1nc(-c2ccc(-c3ccc(-c4cn(C)c([C@@H](NC(=O)OC(C)(C)C)C(C)C)n4)cc3)cc2)cn1C. The largest absolute Gasteiger partial charge is 0.444 e. The highest BCUT2D eigenvalue weighted by molar-refractivity contribution is 5.72. The molecule has 1 N–H and O–H groups in total. The molecule has 2 atom stereocenters. The summed E-state index contributed by atoms with van der Waals surface area (Å²) in [5.41, 5.74) is 5.73. The van der Waals surface area contributed by atoms with E-state index in [1.54, 1.807) is 0 Å². The average molecular weight is 556 g/mol. The van der Waals surface area contributed by atoms with Crippen LogP contribution in [0.3, 0.4) is 0 Å². The zero-order valence-corrected chi connectivity index (χ0v) is 26.2. The molecule has 41 heavy (non-hydrogen) atoms. The smallest absolute Gasteiger partial charge is 0.408 e. The Bertz CT molecular complexity index is 1470. The third-order valence-corrected chi connectivity index (χ3v) is 7.54. The molecule has 2 heterocycles. The van der Waals surface area contributed by atoms with Crippen LogP contribution >= 0.6 is 0 Å². The van der Waals surface area contributed by atoms with Gasteiger partial charge in [-0.2, -0.15) is 0 Å². The monoisotopic (exact) mass is 555 g/mol. The number of hydrogen-bond donors (Lipinski definition) is 1. The molecule has 0 fully saturated rings. The summed E-state index contributed by atoms with van der Waals surface area (Å²) in [5, 5.41) is 3.01. The number of carbonyl (C=O) groups excluding carboxylic acids is 1. The van der Waals surface area contributed by atoms with Gasteiger partial charge in [0, 0.05) is 43.5 Å². The van der Waals surface area contributed by atoms with E-state index in [0.717, 1.165) is 45.3 Å². The Labute approximate surface area is 245 Å². The lowest BCUT2D eigenvalue weighted by atomic mass is 9.97. The summed E-state index contributed by atoms with van der Waals surface area (Å²) in [6.07, 6.45) is 3.68. The molecular formula is C34H45N5O2. The maximum absolute atomic E-state index is 12.5. The summed E-state index contributed by atoms with van der Waals surface area (Å²) < 4.78 is 9.62. The minimum atomic E-state index is -0.561. The van der Waals surface area contributed by atoms with Crippen LogP contribution in [-0.2, 0) is 18.8 Å². The van der Waals surface area contributed by atoms with Crippen molar-refractivity contribution in [2.75, 3.05) is 0 Å². The van der Waals surface area contributed by atoms with Gasteiger partial charge >= 0.3 is 6.09 Å². The number of aryl methyl sites for hydroxylation is 2. The molecular weight excluding hydrogens is 510 g/mol. The number of aromatic nitrogens is 4. The van der Waals surface area contributed by atoms with E-state index in [2.05, 4.69) is 106 Å². The fourth-order valence-electron chi connectivity index (χ4n) is 4.88. The van der Waals surface area contributed by atoms with Crippen LogP contribution in [0.2, 0.25) is 0 Å². The average Bonchev–Trinajstić information content (AvgIpc) is 3.48. The summed E-state index contributed by atoms with van der Waals surface area (Å²) in [6.45, 7) is 16.4. The molecule has 7 nitrogen and oxygen atoms in total. The van der Waals surface area contributed by atoms with Gasteiger partial charge in [-0.25, -0.2) is 14.8 Å². The van der Waals surface area contributed by atoms with Gasteiger partial charge in [-0.3, -0.25) is 0 Å². The van der Waals surface area contributed by atoms with Crippen LogP contribution in [0.25, 0.3) is 33.6 Å². The van der Waals surface area contributed by atoms with Crippen molar-refractivity contribution in [1.82, 2.24) is 24.4 Å². The van der Waals surface area contributed by atoms with Crippen LogP contribution < -0.4 is 5.32 Å². The highest BCUT2D eigenvalue weighted by Gasteiger charge is 2.26. The van der Waals surface area contributed by atoms with E-state index in [1.165, 1.54) is 0 Å². The molecule has 0 unspecified atom stereocenters. The number of alkyl carbamates (subject to hydrolysis) is 1. The van der Waals surface area contributed by atoms with Gasteiger partial charge in [-0.1, -0.05) is 83.1 Å². The van der Waals surface area contributed by atoms with E-state index < -0.39 is 11.7 Å². The molecule has 2 aromatic carbocycles. The lowest BCUT2D eigenvalue weighted by Crippen LogP contribution is -2.37. The molecule has 0 aliphatic carbocycles. The molecule has 4 rings (SSSR count). The van der Waals surface area contributed by atoms with E-state index in [0.29, 0.717) is 11.8 Å². The zero-order chi connectivity index (χ0) is 30.1. The highest BCUT2D eigenvalue weighted by atomic mass is 16.6. The van der Waals surface area contributed by atoms with Crippen molar-refractivity contribution in [2.24, 2.45) is 25.9 Å². The number of benzene rings is 2. The first-order chi connectivity index (χ1) is 19.2. The number of hydrogen-bond acceptors (Lipinski definition) is 4. The van der Waals surface area contributed by atoms with Crippen molar-refractivity contribution in [3.8, 4) is 33.6 Å². The van der Waals surface area contributed by atoms with Gasteiger partial charge in [-0.05, 0) is 43.7 Å². The van der Waals surface area contributed by atoms with Crippen molar-refractivity contribution in [1.29, 1.82) is 0 Å². The maximum atomic E-state index is 12.5. The molecule has 0 radical (unpaired) electrons. The van der Waals surface area contributed by atoms with Gasteiger partial charge in [0.05, 0.1) is 17.4 Å². The first-order valence-electron chi connectivity index (χ1n) is 14.5. The predicted molar refractivity (Wildman–Crippen MR) is 166 cm³/mol. The summed E-state index contributed by atoms with van der Waals surface area (Å²) in [5.74, 6) is 2.99. The Morgan fingerprint density at radius 1 is 0.707 bits per heavy atom. The molecule has 0 aliphatic heterocycles. The second-order valence-corrected chi connectivity index (χ2v) is 12.7. The first kappa shape index (κ1) is 30.1. The normalized spacial score (nSPS) is 13.5. The molecule has 0 aliphatic rings. The summed E-state index contributed by atoms with van der Waals surface area (Å²) in [4.78, 5) is 22.4. The van der Waals surface area contributed by atoms with Crippen LogP contribution in [0.4, 0.5) is 4.79 Å². The van der Waals surface area contributed by atoms with Gasteiger partial charge in [0.2, 0.25) is 0 Å². The first-order valence-corrected chi connectivity index (χ1v) is 14.5. The molecule has 218 valence electrons. The molecule has 0 spiro atoms. The minimum Gasteiger partial charge on any atom is -0.444 e. The van der Waals surface area contributed by atoms with E-state index in [-0.39, 0.29) is 12.0 Å². The number of nitrogens with one attached hydrogen (secondary N) is 1. The van der Waals surface area contributed by atoms with Crippen molar-refractivity contribution >= 4 is 6.09 Å². The Morgan fingerprint density at radius 2 is 1.12 bits per heavy atom. The molecule has 0 bridgehead atoms. The van der Waals surface area contributed by atoms with Gasteiger partial charge in [0.1, 0.15) is 17.2 Å². The molecule has 7 heteroatoms. The van der Waals surface area contributed by atoms with Crippen LogP contribution in [0.15, 0.2) is 60.9 Å². The quantitative estimate of drug-likeness (QED) is 0.238. The Balaban J connectivity index is 1.51. The van der Waals surface area contributed by atoms with Crippen molar-refractivity contribution < 1.29 is 9.53 Å². The number of ether oxygens (including phenoxy) is 1. The molecule has 1 amide bonds. The second kappa shape index (κ2) is 11.9. The fraction of sp³-hybridized carbons (Fsp3) is 0.441. The number of carbonyl (C=O) groups is 1. The van der Waals surface area contributed by atoms with E-state index >= 15 is 0 Å². The number of amides is 1. The molecule has 2 aromatic heterocycles. The highest BCUT2D eigenvalue weighted by Crippen LogP contribution is 2.30. The fourth-order valence-corrected chi connectivity index (χ4v) is 4.88. The Morgan fingerprint density at radius 3 is 1.54 bits per heavy atom. The summed E-state index contributed by atoms with van der Waals surface area (Å²) in [6, 6.07) is 16.8. The van der Waals surface area contributed by atoms with Crippen molar-refractivity contribution in [3.05, 3.63) is 72.6 Å². The molecule has 4 aromatic rings. The van der Waals surface area contributed by atoms with Crippen molar-refractivity contribution in [2.45, 2.75) is 73.0 Å². The van der Waals surface area contributed by atoms with Gasteiger partial charge in [0.15, 0.2) is 0 Å². The Hall–Kier alpha value is -3.87. The third kappa shape index (κ3) is 7.07. The zero-order valence-electron chi connectivity index (χ0n) is 26.2. The van der Waals surface area contributed by atoms with E-state index in [9.17, 15) is 4.79 Å². The number of imidazole rings is 2. The van der Waals surface area contributed by atoms with E-state index in [4.69, 9.17) is 14.7 Å². The van der Waals surface area contributed by atoms with Gasteiger partial charge < -0.3 is 19.2 Å². The summed E-state index contributed by atoms with van der Waals surface area (Å²) >= 11 is 0. The van der Waals surface area contributed by atoms with Crippen molar-refractivity contribution in [3.63, 3.8) is 0 Å².